The van der Waals surface area contributed by atoms with Crippen LogP contribution in [0.1, 0.15) is 18.4 Å². The third-order valence-electron chi connectivity index (χ3n) is 6.71. The van der Waals surface area contributed by atoms with Crippen LogP contribution in [0.2, 0.25) is 0 Å². The predicted molar refractivity (Wildman–Crippen MR) is 130 cm³/mol. The van der Waals surface area contributed by atoms with Gasteiger partial charge in [-0.05, 0) is 42.8 Å². The molecule has 0 atom stereocenters. The first-order chi connectivity index (χ1) is 16.6. The summed E-state index contributed by atoms with van der Waals surface area (Å²) >= 11 is 0. The van der Waals surface area contributed by atoms with Gasteiger partial charge < -0.3 is 20.9 Å². The Bertz CT molecular complexity index is 1470. The molecular formula is C23H24FN5O5S. The largest absolute Gasteiger partial charge is 0.474 e. The second kappa shape index (κ2) is 8.22. The van der Waals surface area contributed by atoms with Gasteiger partial charge in [0.1, 0.15) is 27.9 Å². The molecular weight excluding hydrogens is 477 g/mol. The molecule has 0 spiro atoms. The van der Waals surface area contributed by atoms with Crippen molar-refractivity contribution in [1.29, 1.82) is 0 Å². The van der Waals surface area contributed by atoms with Gasteiger partial charge >= 0.3 is 6.09 Å². The summed E-state index contributed by atoms with van der Waals surface area (Å²) in [4.78, 5) is 21.6. The van der Waals surface area contributed by atoms with Crippen LogP contribution in [0.5, 0.6) is 5.88 Å². The number of rotatable bonds is 4. The number of nitrogen functional groups attached to an aromatic ring is 1. The summed E-state index contributed by atoms with van der Waals surface area (Å²) in [5.74, 6) is -0.0591. The molecule has 2 aliphatic rings. The average molecular weight is 502 g/mol. The second-order valence-electron chi connectivity index (χ2n) is 8.90. The van der Waals surface area contributed by atoms with E-state index in [0.29, 0.717) is 41.1 Å². The minimum absolute atomic E-state index is 0.111. The lowest BCUT2D eigenvalue weighted by Gasteiger charge is -2.39. The van der Waals surface area contributed by atoms with Crippen LogP contribution in [0.15, 0.2) is 24.5 Å². The molecule has 5 rings (SSSR count). The van der Waals surface area contributed by atoms with E-state index in [9.17, 15) is 18.3 Å². The number of hydrogen-bond acceptors (Lipinski definition) is 8. The summed E-state index contributed by atoms with van der Waals surface area (Å²) in [6.45, 7) is 2.91. The van der Waals surface area contributed by atoms with E-state index >= 15 is 4.39 Å². The lowest BCUT2D eigenvalue weighted by Crippen LogP contribution is -2.52. The quantitative estimate of drug-likeness (QED) is 0.458. The number of carboxylic acid groups (broad SMARTS) is 1. The van der Waals surface area contributed by atoms with Crippen molar-refractivity contribution in [3.8, 4) is 17.0 Å². The molecule has 0 radical (unpaired) electrons. The third kappa shape index (κ3) is 3.87. The standard InChI is InChI=1S/C23H24FN5O5S/c1-11-16(9-28-22-21(11)26-3-4-34-22)15-5-12-6-18(27-10-17(12)20(25)19(15)24)29(23(30)31)13-7-14(8-13)35(2,32)33/h5-6,9-10,13-14,26H,3-4,7-8,25H2,1-2H3,(H,30,31)/t13-,14-. The first-order valence-electron chi connectivity index (χ1n) is 11.0. The van der Waals surface area contributed by atoms with Crippen molar-refractivity contribution < 1.29 is 27.4 Å². The zero-order chi connectivity index (χ0) is 25.1. The van der Waals surface area contributed by atoms with Crippen molar-refractivity contribution in [1.82, 2.24) is 9.97 Å². The van der Waals surface area contributed by atoms with Crippen LogP contribution in [0.3, 0.4) is 0 Å². The van der Waals surface area contributed by atoms with E-state index in [2.05, 4.69) is 15.3 Å². The molecule has 35 heavy (non-hydrogen) atoms. The second-order valence-corrected chi connectivity index (χ2v) is 11.2. The number of aromatic nitrogens is 2. The van der Waals surface area contributed by atoms with Gasteiger partial charge in [-0.1, -0.05) is 0 Å². The Labute approximate surface area is 200 Å². The SMILES string of the molecule is Cc1c(-c2cc3cc(N(C(=O)O)[C@H]4C[C@H](S(C)(=O)=O)C4)ncc3c(N)c2F)cnc2c1NCCO2. The summed E-state index contributed by atoms with van der Waals surface area (Å²) in [5, 5.41) is 13.3. The highest BCUT2D eigenvalue weighted by molar-refractivity contribution is 7.91. The first-order valence-corrected chi connectivity index (χ1v) is 13.0. The molecule has 12 heteroatoms. The topological polar surface area (TPSA) is 148 Å². The fourth-order valence-electron chi connectivity index (χ4n) is 4.65. The normalized spacial score (nSPS) is 19.3. The van der Waals surface area contributed by atoms with Crippen LogP contribution >= 0.6 is 0 Å². The van der Waals surface area contributed by atoms with E-state index in [-0.39, 0.29) is 29.9 Å². The molecule has 184 valence electrons. The van der Waals surface area contributed by atoms with Gasteiger partial charge in [-0.2, -0.15) is 0 Å². The number of hydrogen-bond donors (Lipinski definition) is 3. The average Bonchev–Trinajstić information content (AvgIpc) is 2.77. The van der Waals surface area contributed by atoms with Crippen LogP contribution < -0.4 is 20.7 Å². The molecule has 1 amide bonds. The maximum absolute atomic E-state index is 15.4. The molecule has 1 fully saturated rings. The van der Waals surface area contributed by atoms with Crippen molar-refractivity contribution >= 4 is 43.9 Å². The van der Waals surface area contributed by atoms with E-state index in [1.165, 1.54) is 18.5 Å². The molecule has 1 aromatic carbocycles. The summed E-state index contributed by atoms with van der Waals surface area (Å²) in [5.41, 5.74) is 8.18. The minimum Gasteiger partial charge on any atom is -0.474 e. The number of sulfone groups is 1. The molecule has 0 unspecified atom stereocenters. The van der Waals surface area contributed by atoms with Gasteiger partial charge in [0.25, 0.3) is 0 Å². The summed E-state index contributed by atoms with van der Waals surface area (Å²) in [7, 11) is -3.25. The number of anilines is 3. The lowest BCUT2D eigenvalue weighted by atomic mass is 9.90. The van der Waals surface area contributed by atoms with Gasteiger partial charge in [0.2, 0.25) is 5.88 Å². The van der Waals surface area contributed by atoms with Crippen molar-refractivity contribution in [3.63, 3.8) is 0 Å². The number of benzene rings is 1. The first kappa shape index (κ1) is 23.1. The number of nitrogens with one attached hydrogen (secondary N) is 1. The molecule has 3 aromatic rings. The third-order valence-corrected chi connectivity index (χ3v) is 8.31. The fourth-order valence-corrected chi connectivity index (χ4v) is 5.79. The highest BCUT2D eigenvalue weighted by Gasteiger charge is 2.42. The Morgan fingerprint density at radius 3 is 2.69 bits per heavy atom. The Hall–Kier alpha value is -3.67. The number of pyridine rings is 2. The van der Waals surface area contributed by atoms with Crippen molar-refractivity contribution in [2.24, 2.45) is 0 Å². The number of halogens is 1. The molecule has 1 aliphatic heterocycles. The van der Waals surface area contributed by atoms with E-state index in [0.717, 1.165) is 16.7 Å². The van der Waals surface area contributed by atoms with Crippen LogP contribution in [0, 0.1) is 12.7 Å². The molecule has 4 N–H and O–H groups in total. The molecule has 0 bridgehead atoms. The number of carbonyl (C=O) groups is 1. The predicted octanol–water partition coefficient (Wildman–Crippen LogP) is 3.19. The highest BCUT2D eigenvalue weighted by Crippen LogP contribution is 2.40. The van der Waals surface area contributed by atoms with Gasteiger partial charge in [0.05, 0.1) is 10.9 Å². The number of nitrogens with zero attached hydrogens (tertiary/aromatic N) is 3. The minimum atomic E-state index is -3.25. The summed E-state index contributed by atoms with van der Waals surface area (Å²) in [6.07, 6.45) is 3.14. The fraction of sp³-hybridized carbons (Fsp3) is 0.348. The highest BCUT2D eigenvalue weighted by atomic mass is 32.2. The van der Waals surface area contributed by atoms with Crippen LogP contribution in [-0.2, 0) is 9.84 Å². The number of amides is 1. The molecule has 3 heterocycles. The summed E-state index contributed by atoms with van der Waals surface area (Å²) < 4.78 is 44.5. The number of ether oxygens (including phenoxy) is 1. The molecule has 2 aromatic heterocycles. The van der Waals surface area contributed by atoms with E-state index < -0.39 is 33.0 Å². The maximum atomic E-state index is 15.4. The Kier molecular flexibility index (Phi) is 5.42. The van der Waals surface area contributed by atoms with Crippen molar-refractivity contribution in [3.05, 3.63) is 35.9 Å². The van der Waals surface area contributed by atoms with E-state index in [4.69, 9.17) is 10.5 Å². The Balaban J connectivity index is 1.58. The smallest absolute Gasteiger partial charge is 0.413 e. The van der Waals surface area contributed by atoms with Gasteiger partial charge in [-0.25, -0.2) is 27.6 Å². The lowest BCUT2D eigenvalue weighted by molar-refractivity contribution is 0.194. The monoisotopic (exact) mass is 501 g/mol. The van der Waals surface area contributed by atoms with E-state index in [1.807, 2.05) is 6.92 Å². The maximum Gasteiger partial charge on any atom is 0.413 e. The van der Waals surface area contributed by atoms with Crippen LogP contribution in [0.25, 0.3) is 21.9 Å². The van der Waals surface area contributed by atoms with Crippen molar-refractivity contribution in [2.75, 3.05) is 35.4 Å². The van der Waals surface area contributed by atoms with Crippen molar-refractivity contribution in [2.45, 2.75) is 31.1 Å². The van der Waals surface area contributed by atoms with Gasteiger partial charge in [0.15, 0.2) is 5.82 Å². The number of fused-ring (bicyclic) bond motifs is 2. The molecule has 0 saturated heterocycles. The van der Waals surface area contributed by atoms with E-state index in [1.54, 1.807) is 6.07 Å². The number of nitrogens with two attached hydrogens (primary N) is 1. The van der Waals surface area contributed by atoms with Gasteiger partial charge in [-0.3, -0.25) is 4.90 Å². The van der Waals surface area contributed by atoms with Gasteiger partial charge in [0, 0.05) is 47.7 Å². The zero-order valence-corrected chi connectivity index (χ0v) is 19.9. The summed E-state index contributed by atoms with van der Waals surface area (Å²) in [6, 6.07) is 2.60. The molecule has 1 saturated carbocycles. The van der Waals surface area contributed by atoms with Crippen LogP contribution in [0.4, 0.5) is 26.4 Å². The Morgan fingerprint density at radius 2 is 2.00 bits per heavy atom. The molecule has 1 aliphatic carbocycles. The van der Waals surface area contributed by atoms with Crippen LogP contribution in [-0.4, -0.2) is 60.3 Å². The van der Waals surface area contributed by atoms with Gasteiger partial charge in [-0.15, -0.1) is 0 Å². The molecule has 10 nitrogen and oxygen atoms in total. The Morgan fingerprint density at radius 1 is 1.26 bits per heavy atom. The zero-order valence-electron chi connectivity index (χ0n) is 19.1.